The number of anilines is 1. The molecule has 0 saturated heterocycles. The lowest BCUT2D eigenvalue weighted by Gasteiger charge is -2.01. The molecule has 33 heavy (non-hydrogen) atoms. The predicted molar refractivity (Wildman–Crippen MR) is 136 cm³/mol. The Balaban J connectivity index is 1.29. The minimum absolute atomic E-state index is 0.0952. The van der Waals surface area contributed by atoms with Crippen molar-refractivity contribution < 1.29 is 9.21 Å². The van der Waals surface area contributed by atoms with Crippen LogP contribution in [-0.4, -0.2) is 16.6 Å². The van der Waals surface area contributed by atoms with E-state index in [1.807, 2.05) is 91.0 Å². The smallest absolute Gasteiger partial charge is 0.257 e. The van der Waals surface area contributed by atoms with Crippen molar-refractivity contribution in [1.29, 1.82) is 0 Å². The van der Waals surface area contributed by atoms with E-state index in [1.165, 1.54) is 11.8 Å². The highest BCUT2D eigenvalue weighted by Gasteiger charge is 2.18. The Morgan fingerprint density at radius 1 is 0.788 bits per heavy atom. The zero-order valence-corrected chi connectivity index (χ0v) is 19.2. The monoisotopic (exact) mass is 468 g/mol. The molecule has 162 valence electrons. The maximum absolute atomic E-state index is 12.6. The highest BCUT2D eigenvalue weighted by molar-refractivity contribution is 7.99. The molecule has 1 N–H and O–H groups in total. The molecule has 6 heteroatoms. The van der Waals surface area contributed by atoms with Gasteiger partial charge < -0.3 is 9.73 Å². The topological polar surface area (TPSA) is 55.1 Å². The van der Waals surface area contributed by atoms with Crippen LogP contribution in [0.25, 0.3) is 33.0 Å². The van der Waals surface area contributed by atoms with Crippen LogP contribution in [0, 0.1) is 0 Å². The molecule has 0 saturated carbocycles. The lowest BCUT2D eigenvalue weighted by molar-refractivity contribution is -0.113. The molecule has 5 rings (SSSR count). The lowest BCUT2D eigenvalue weighted by Crippen LogP contribution is -2.12. The van der Waals surface area contributed by atoms with E-state index in [1.54, 1.807) is 11.3 Å². The van der Waals surface area contributed by atoms with E-state index in [-0.39, 0.29) is 11.7 Å². The van der Waals surface area contributed by atoms with Crippen molar-refractivity contribution in [3.8, 4) is 33.0 Å². The van der Waals surface area contributed by atoms with Crippen LogP contribution in [0.2, 0.25) is 0 Å². The molecule has 2 aromatic heterocycles. The van der Waals surface area contributed by atoms with Gasteiger partial charge in [-0.25, -0.2) is 4.98 Å². The number of carbonyl (C=O) groups excluding carboxylic acids is 1. The second-order valence-electron chi connectivity index (χ2n) is 7.26. The summed E-state index contributed by atoms with van der Waals surface area (Å²) in [7, 11) is 0. The second-order valence-corrected chi connectivity index (χ2v) is 9.27. The first-order chi connectivity index (χ1) is 16.3. The van der Waals surface area contributed by atoms with Crippen molar-refractivity contribution in [2.24, 2.45) is 0 Å². The summed E-state index contributed by atoms with van der Waals surface area (Å²) in [5.74, 6) is 0.819. The molecule has 5 aromatic rings. The Morgan fingerprint density at radius 3 is 2.06 bits per heavy atom. The second kappa shape index (κ2) is 9.90. The molecule has 0 aliphatic heterocycles. The fraction of sp³-hybridized carbons (Fsp3) is 0.0370. The minimum atomic E-state index is -0.0952. The average molecular weight is 469 g/mol. The molecule has 1 amide bonds. The van der Waals surface area contributed by atoms with Crippen LogP contribution >= 0.6 is 23.1 Å². The molecule has 2 heterocycles. The average Bonchev–Trinajstić information content (AvgIpc) is 3.52. The first kappa shape index (κ1) is 21.2. The van der Waals surface area contributed by atoms with E-state index in [9.17, 15) is 4.79 Å². The molecule has 0 atom stereocenters. The number of benzene rings is 3. The molecular weight excluding hydrogens is 448 g/mol. The van der Waals surface area contributed by atoms with E-state index in [0.717, 1.165) is 32.3 Å². The number of hydrogen-bond acceptors (Lipinski definition) is 5. The Hall–Kier alpha value is -3.61. The van der Waals surface area contributed by atoms with Crippen molar-refractivity contribution in [2.75, 3.05) is 11.1 Å². The molecule has 0 bridgehead atoms. The third-order valence-corrected chi connectivity index (χ3v) is 6.82. The molecular formula is C27H20N2O2S2. The summed E-state index contributed by atoms with van der Waals surface area (Å²) in [6, 6.07) is 33.9. The summed E-state index contributed by atoms with van der Waals surface area (Å²) in [5, 5.41) is 4.27. The number of carbonyl (C=O) groups is 1. The first-order valence-corrected chi connectivity index (χ1v) is 12.3. The number of thioether (sulfide) groups is 1. The van der Waals surface area contributed by atoms with E-state index < -0.39 is 0 Å². The zero-order chi connectivity index (χ0) is 22.5. The van der Waals surface area contributed by atoms with E-state index >= 15 is 0 Å². The predicted octanol–water partition coefficient (Wildman–Crippen LogP) is 7.47. The summed E-state index contributed by atoms with van der Waals surface area (Å²) < 4.78 is 6.09. The Morgan fingerprint density at radius 2 is 1.39 bits per heavy atom. The Bertz CT molecular complexity index is 1290. The van der Waals surface area contributed by atoms with Gasteiger partial charge in [-0.1, -0.05) is 103 Å². The van der Waals surface area contributed by atoms with Crippen LogP contribution in [0.5, 0.6) is 0 Å². The van der Waals surface area contributed by atoms with Crippen molar-refractivity contribution in [3.63, 3.8) is 0 Å². The number of nitrogens with zero attached hydrogens (tertiary/aromatic N) is 1. The molecule has 0 unspecified atom stereocenters. The number of thiophene rings is 1. The third-order valence-electron chi connectivity index (χ3n) is 4.94. The molecule has 0 fully saturated rings. The van der Waals surface area contributed by atoms with Crippen LogP contribution < -0.4 is 5.32 Å². The van der Waals surface area contributed by atoms with Gasteiger partial charge >= 0.3 is 0 Å². The van der Waals surface area contributed by atoms with E-state index in [0.29, 0.717) is 11.0 Å². The lowest BCUT2D eigenvalue weighted by atomic mass is 10.1. The third kappa shape index (κ3) is 5.08. The summed E-state index contributed by atoms with van der Waals surface area (Å²) in [6.45, 7) is 0. The molecule has 0 aliphatic rings. The molecule has 4 nitrogen and oxygen atoms in total. The maximum atomic E-state index is 12.6. The number of amides is 1. The Kier molecular flexibility index (Phi) is 6.37. The Labute approximate surface area is 200 Å². The standard InChI is InChI=1S/C27H20N2O2S2/c30-23(28-24-17-16-22(33-24)19-10-4-1-5-11-19)18-32-27-29-25(20-12-6-2-7-13-20)26(31-27)21-14-8-3-9-15-21/h1-17H,18H2,(H,28,30). The fourth-order valence-electron chi connectivity index (χ4n) is 3.40. The maximum Gasteiger partial charge on any atom is 0.257 e. The summed E-state index contributed by atoms with van der Waals surface area (Å²) in [6.07, 6.45) is 0. The molecule has 3 aromatic carbocycles. The number of rotatable bonds is 7. The van der Waals surface area contributed by atoms with Gasteiger partial charge in [0, 0.05) is 16.0 Å². The molecule has 0 spiro atoms. The van der Waals surface area contributed by atoms with Crippen LogP contribution in [0.3, 0.4) is 0 Å². The van der Waals surface area contributed by atoms with Gasteiger partial charge in [0.15, 0.2) is 5.76 Å². The summed E-state index contributed by atoms with van der Waals surface area (Å²) in [5.41, 5.74) is 3.84. The van der Waals surface area contributed by atoms with Gasteiger partial charge in [0.25, 0.3) is 5.22 Å². The molecule has 0 aliphatic carbocycles. The SMILES string of the molecule is O=C(CSc1nc(-c2ccccc2)c(-c2ccccc2)o1)Nc1ccc(-c2ccccc2)s1. The van der Waals surface area contributed by atoms with Gasteiger partial charge in [-0.15, -0.1) is 11.3 Å². The highest BCUT2D eigenvalue weighted by Crippen LogP contribution is 2.36. The minimum Gasteiger partial charge on any atom is -0.431 e. The van der Waals surface area contributed by atoms with Crippen LogP contribution in [0.1, 0.15) is 0 Å². The van der Waals surface area contributed by atoms with Gasteiger partial charge in [0.2, 0.25) is 5.91 Å². The number of oxazole rings is 1. The van der Waals surface area contributed by atoms with Gasteiger partial charge in [0.05, 0.1) is 10.8 Å². The van der Waals surface area contributed by atoms with Gasteiger partial charge in [0.1, 0.15) is 5.69 Å². The molecule has 0 radical (unpaired) electrons. The van der Waals surface area contributed by atoms with Crippen molar-refractivity contribution in [2.45, 2.75) is 5.22 Å². The number of nitrogens with one attached hydrogen (secondary N) is 1. The normalized spacial score (nSPS) is 10.8. The highest BCUT2D eigenvalue weighted by atomic mass is 32.2. The number of hydrogen-bond donors (Lipinski definition) is 1. The van der Waals surface area contributed by atoms with Crippen molar-refractivity contribution in [3.05, 3.63) is 103 Å². The fourth-order valence-corrected chi connectivity index (χ4v) is 4.96. The van der Waals surface area contributed by atoms with Crippen molar-refractivity contribution >= 4 is 34.0 Å². The zero-order valence-electron chi connectivity index (χ0n) is 17.6. The van der Waals surface area contributed by atoms with Crippen LogP contribution in [0.15, 0.2) is 113 Å². The van der Waals surface area contributed by atoms with Gasteiger partial charge in [-0.3, -0.25) is 4.79 Å². The van der Waals surface area contributed by atoms with Crippen LogP contribution in [-0.2, 0) is 4.79 Å². The quantitative estimate of drug-likeness (QED) is 0.252. The van der Waals surface area contributed by atoms with E-state index in [2.05, 4.69) is 17.4 Å². The van der Waals surface area contributed by atoms with Gasteiger partial charge in [-0.05, 0) is 17.7 Å². The first-order valence-electron chi connectivity index (χ1n) is 10.5. The van der Waals surface area contributed by atoms with E-state index in [4.69, 9.17) is 9.40 Å². The summed E-state index contributed by atoms with van der Waals surface area (Å²) in [4.78, 5) is 18.4. The summed E-state index contributed by atoms with van der Waals surface area (Å²) >= 11 is 2.85. The van der Waals surface area contributed by atoms with Crippen LogP contribution in [0.4, 0.5) is 5.00 Å². The van der Waals surface area contributed by atoms with Gasteiger partial charge in [-0.2, -0.15) is 0 Å². The largest absolute Gasteiger partial charge is 0.431 e. The number of aromatic nitrogens is 1. The van der Waals surface area contributed by atoms with Crippen molar-refractivity contribution in [1.82, 2.24) is 4.98 Å².